The van der Waals surface area contributed by atoms with E-state index in [-0.39, 0.29) is 12.8 Å². The highest BCUT2D eigenvalue weighted by Gasteiger charge is 2.21. The van der Waals surface area contributed by atoms with Crippen molar-refractivity contribution in [2.24, 2.45) is 0 Å². The molecule has 2 aromatic heterocycles. The van der Waals surface area contributed by atoms with Gasteiger partial charge >= 0.3 is 11.9 Å². The third kappa shape index (κ3) is 5.24. The zero-order valence-electron chi connectivity index (χ0n) is 14.1. The number of imidazole rings is 2. The van der Waals surface area contributed by atoms with Crippen molar-refractivity contribution in [1.29, 1.82) is 0 Å². The Hall–Kier alpha value is -2.02. The molecule has 142 valence electrons. The van der Waals surface area contributed by atoms with Crippen molar-refractivity contribution in [3.8, 4) is 0 Å². The molecule has 12 heteroatoms. The number of carboxylic acids is 2. The molecule has 0 spiro atoms. The number of aliphatic carboxylic acids is 2. The number of hydrogen-bond donors (Lipinski definition) is 6. The number of H-pyrrole nitrogens is 2. The Bertz CT molecular complexity index is 687. The van der Waals surface area contributed by atoms with E-state index in [1.807, 2.05) is 0 Å². The van der Waals surface area contributed by atoms with E-state index in [0.29, 0.717) is 21.4 Å². The molecule has 2 heterocycles. The lowest BCUT2D eigenvalue weighted by Crippen LogP contribution is -2.36. The molecule has 26 heavy (non-hydrogen) atoms. The van der Waals surface area contributed by atoms with E-state index in [2.05, 4.69) is 30.6 Å². The summed E-state index contributed by atoms with van der Waals surface area (Å²) in [6.45, 7) is 0. The lowest BCUT2D eigenvalue weighted by molar-refractivity contribution is -0.140. The summed E-state index contributed by atoms with van der Waals surface area (Å²) in [5.41, 5.74) is 1.42. The molecule has 0 bridgehead atoms. The number of nitrogens with zero attached hydrogens (tertiary/aromatic N) is 2. The van der Waals surface area contributed by atoms with Crippen LogP contribution in [0.25, 0.3) is 0 Å². The van der Waals surface area contributed by atoms with Crippen LogP contribution in [0.2, 0.25) is 0 Å². The highest BCUT2D eigenvalue weighted by molar-refractivity contribution is 8.76. The topological polar surface area (TPSA) is 156 Å². The summed E-state index contributed by atoms with van der Waals surface area (Å²) in [7, 11) is 5.85. The van der Waals surface area contributed by atoms with Crippen LogP contribution in [0.4, 0.5) is 0 Å². The lowest BCUT2D eigenvalue weighted by atomic mass is 10.2. The highest BCUT2D eigenvalue weighted by atomic mass is 33.1. The van der Waals surface area contributed by atoms with Crippen molar-refractivity contribution < 1.29 is 19.8 Å². The molecular weight excluding hydrogens is 380 g/mol. The fraction of sp³-hybridized carbons (Fsp3) is 0.429. The molecular formula is C14H20N6O4S2. The number of aromatic nitrogens is 4. The van der Waals surface area contributed by atoms with Crippen molar-refractivity contribution in [3.63, 3.8) is 0 Å². The molecule has 0 saturated heterocycles. The third-order valence-electron chi connectivity index (χ3n) is 3.67. The quantitative estimate of drug-likeness (QED) is 0.291. The maximum absolute atomic E-state index is 11.2. The number of carbonyl (C=O) groups is 2. The Balaban J connectivity index is 2.03. The van der Waals surface area contributed by atoms with Gasteiger partial charge in [-0.05, 0) is 35.7 Å². The maximum atomic E-state index is 11.2. The van der Waals surface area contributed by atoms with Crippen molar-refractivity contribution in [2.45, 2.75) is 35.0 Å². The van der Waals surface area contributed by atoms with Gasteiger partial charge in [0.1, 0.15) is 22.1 Å². The predicted molar refractivity (Wildman–Crippen MR) is 97.3 cm³/mol. The first-order chi connectivity index (χ1) is 12.5. The monoisotopic (exact) mass is 400 g/mol. The smallest absolute Gasteiger partial charge is 0.321 e. The van der Waals surface area contributed by atoms with Crippen LogP contribution in [-0.2, 0) is 22.4 Å². The summed E-state index contributed by atoms with van der Waals surface area (Å²) in [5, 5.41) is 25.1. The van der Waals surface area contributed by atoms with Gasteiger partial charge in [0.25, 0.3) is 0 Å². The molecule has 0 aliphatic rings. The molecule has 2 atom stereocenters. The largest absolute Gasteiger partial charge is 0.480 e. The van der Waals surface area contributed by atoms with Gasteiger partial charge < -0.3 is 30.8 Å². The average molecular weight is 400 g/mol. The first-order valence-corrected chi connectivity index (χ1v) is 9.80. The minimum absolute atomic E-state index is 0.267. The number of carboxylic acid groups (broad SMARTS) is 2. The Labute approximate surface area is 157 Å². The van der Waals surface area contributed by atoms with Gasteiger partial charge in [-0.15, -0.1) is 0 Å². The van der Waals surface area contributed by atoms with Crippen molar-refractivity contribution in [2.75, 3.05) is 14.1 Å². The summed E-state index contributed by atoms with van der Waals surface area (Å²) in [4.78, 5) is 36.7. The number of aromatic amines is 2. The summed E-state index contributed by atoms with van der Waals surface area (Å²) in [5.74, 6) is -1.88. The van der Waals surface area contributed by atoms with Crippen molar-refractivity contribution in [1.82, 2.24) is 30.6 Å². The summed E-state index contributed by atoms with van der Waals surface area (Å²) < 4.78 is 0. The van der Waals surface area contributed by atoms with Gasteiger partial charge in [-0.25, -0.2) is 9.97 Å². The highest BCUT2D eigenvalue weighted by Crippen LogP contribution is 2.38. The molecule has 0 amide bonds. The van der Waals surface area contributed by atoms with Crippen molar-refractivity contribution >= 4 is 33.5 Å². The maximum Gasteiger partial charge on any atom is 0.321 e. The van der Waals surface area contributed by atoms with E-state index in [1.165, 1.54) is 34.2 Å². The van der Waals surface area contributed by atoms with Crippen LogP contribution in [-0.4, -0.2) is 68.3 Å². The van der Waals surface area contributed by atoms with Crippen molar-refractivity contribution in [3.05, 3.63) is 24.0 Å². The van der Waals surface area contributed by atoms with E-state index in [1.54, 1.807) is 14.1 Å². The van der Waals surface area contributed by atoms with Crippen LogP contribution >= 0.6 is 21.6 Å². The van der Waals surface area contributed by atoms with Gasteiger partial charge in [0.05, 0.1) is 24.0 Å². The van der Waals surface area contributed by atoms with Gasteiger partial charge in [-0.1, -0.05) is 0 Å². The number of likely N-dealkylation sites (N-methyl/N-ethyl adjacent to an activating group) is 2. The average Bonchev–Trinajstić information content (AvgIpc) is 3.23. The van der Waals surface area contributed by atoms with Crippen LogP contribution in [0, 0.1) is 0 Å². The third-order valence-corrected chi connectivity index (χ3v) is 5.97. The Kier molecular flexibility index (Phi) is 7.50. The molecule has 10 nitrogen and oxygen atoms in total. The number of rotatable bonds is 11. The standard InChI is InChI=1S/C14H20N6O4S2/c1-15-9(13(21)22)3-7-11(19-5-17-7)25-26-12-8(18-6-20-12)4-10(16-2)14(23)24/h5-6,9-10,15-16H,3-4H2,1-2H3,(H,17,19)(H,18,20)(H,21,22)(H,23,24)/t9-,10-/m0/s1. The van der Waals surface area contributed by atoms with Gasteiger partial charge in [0.2, 0.25) is 0 Å². The van der Waals surface area contributed by atoms with Crippen LogP contribution in [0.1, 0.15) is 11.4 Å². The molecule has 0 aromatic carbocycles. The summed E-state index contributed by atoms with van der Waals surface area (Å²) >= 11 is 0. The molecule has 2 aromatic rings. The number of hydrogen-bond acceptors (Lipinski definition) is 8. The van der Waals surface area contributed by atoms with E-state index < -0.39 is 24.0 Å². The second kappa shape index (κ2) is 9.62. The molecule has 2 rings (SSSR count). The molecule has 0 fully saturated rings. The second-order valence-electron chi connectivity index (χ2n) is 5.31. The Morgan fingerprint density at radius 2 is 1.35 bits per heavy atom. The minimum Gasteiger partial charge on any atom is -0.480 e. The molecule has 0 unspecified atom stereocenters. The predicted octanol–water partition coefficient (Wildman–Crippen LogP) is 0.362. The Morgan fingerprint density at radius 3 is 1.65 bits per heavy atom. The fourth-order valence-electron chi connectivity index (χ4n) is 2.17. The van der Waals surface area contributed by atoms with Crippen LogP contribution in [0.15, 0.2) is 22.7 Å². The molecule has 0 aliphatic heterocycles. The van der Waals surface area contributed by atoms with E-state index in [0.717, 1.165) is 0 Å². The number of nitrogens with one attached hydrogen (secondary N) is 4. The van der Waals surface area contributed by atoms with E-state index >= 15 is 0 Å². The first-order valence-electron chi connectivity index (χ1n) is 7.65. The molecule has 0 aliphatic carbocycles. The summed E-state index contributed by atoms with van der Waals surface area (Å²) in [6.07, 6.45) is 3.56. The van der Waals surface area contributed by atoms with Gasteiger partial charge in [0.15, 0.2) is 0 Å². The fourth-order valence-corrected chi connectivity index (χ4v) is 4.34. The second-order valence-corrected chi connectivity index (χ2v) is 7.41. The minimum atomic E-state index is -0.938. The van der Waals surface area contributed by atoms with E-state index in [9.17, 15) is 9.59 Å². The zero-order chi connectivity index (χ0) is 19.1. The summed E-state index contributed by atoms with van der Waals surface area (Å²) in [6, 6.07) is -1.43. The van der Waals surface area contributed by atoms with Gasteiger partial charge in [-0.2, -0.15) is 0 Å². The van der Waals surface area contributed by atoms with Crippen LogP contribution < -0.4 is 10.6 Å². The first kappa shape index (κ1) is 20.3. The lowest BCUT2D eigenvalue weighted by Gasteiger charge is -2.11. The Morgan fingerprint density at radius 1 is 0.962 bits per heavy atom. The van der Waals surface area contributed by atoms with Gasteiger partial charge in [0, 0.05) is 12.8 Å². The van der Waals surface area contributed by atoms with Gasteiger partial charge in [-0.3, -0.25) is 9.59 Å². The molecule has 6 N–H and O–H groups in total. The SMILES string of the molecule is CN[C@@H](Cc1[nH]cnc1SSc1nc[nH]c1C[C@H](NC)C(=O)O)C(=O)O. The normalized spacial score (nSPS) is 13.5. The van der Waals surface area contributed by atoms with Crippen LogP contribution in [0.3, 0.4) is 0 Å². The van der Waals surface area contributed by atoms with E-state index in [4.69, 9.17) is 10.2 Å². The zero-order valence-corrected chi connectivity index (χ0v) is 15.8. The van der Waals surface area contributed by atoms with Crippen LogP contribution in [0.5, 0.6) is 0 Å². The molecule has 0 saturated carbocycles. The molecule has 0 radical (unpaired) electrons.